The van der Waals surface area contributed by atoms with Crippen LogP contribution in [0.4, 0.5) is 0 Å². The van der Waals surface area contributed by atoms with E-state index in [-0.39, 0.29) is 5.78 Å². The molecular formula is C18H17N5O. The summed E-state index contributed by atoms with van der Waals surface area (Å²) in [5, 5.41) is 0. The van der Waals surface area contributed by atoms with Gasteiger partial charge in [0, 0.05) is 17.8 Å². The molecule has 4 aromatic rings. The van der Waals surface area contributed by atoms with Gasteiger partial charge in [0.25, 0.3) is 0 Å². The van der Waals surface area contributed by atoms with Crippen molar-refractivity contribution in [3.05, 3.63) is 48.5 Å². The minimum atomic E-state index is -0.476. The van der Waals surface area contributed by atoms with E-state index < -0.39 is 5.41 Å². The summed E-state index contributed by atoms with van der Waals surface area (Å²) in [5.41, 5.74) is 3.67. The van der Waals surface area contributed by atoms with E-state index in [0.29, 0.717) is 22.4 Å². The molecule has 0 atom stereocenters. The number of nitrogens with zero attached hydrogens (tertiary/aromatic N) is 4. The van der Waals surface area contributed by atoms with Crippen molar-refractivity contribution in [2.45, 2.75) is 20.8 Å². The van der Waals surface area contributed by atoms with Gasteiger partial charge in [0.15, 0.2) is 11.4 Å². The molecular weight excluding hydrogens is 302 g/mol. The molecule has 1 N–H and O–H groups in total. The van der Waals surface area contributed by atoms with Crippen molar-refractivity contribution in [1.82, 2.24) is 24.3 Å². The number of hydrogen-bond acceptors (Lipinski definition) is 4. The monoisotopic (exact) mass is 319 g/mol. The van der Waals surface area contributed by atoms with E-state index in [2.05, 4.69) is 19.9 Å². The Morgan fingerprint density at radius 1 is 1.17 bits per heavy atom. The summed E-state index contributed by atoms with van der Waals surface area (Å²) in [6, 6.07) is 5.81. The number of aromatic nitrogens is 5. The molecule has 0 aromatic carbocycles. The fraction of sp³-hybridized carbons (Fsp3) is 0.222. The number of rotatable bonds is 2. The molecule has 0 aliphatic carbocycles. The zero-order valence-electron chi connectivity index (χ0n) is 13.7. The molecule has 4 heterocycles. The number of carbonyl (C=O) groups is 1. The van der Waals surface area contributed by atoms with Gasteiger partial charge in [0.1, 0.15) is 16.9 Å². The lowest BCUT2D eigenvalue weighted by Crippen LogP contribution is -2.20. The standard InChI is InChI=1S/C18H17N5O/c1-18(2,3)16(24)11-8-20-17-15(11)22-12(9-21-17)13-10-19-14-6-4-5-7-23(13)14/h4-10H,1-3H3,(H,20,21). The quantitative estimate of drug-likeness (QED) is 0.574. The minimum absolute atomic E-state index is 0.0401. The summed E-state index contributed by atoms with van der Waals surface area (Å²) >= 11 is 0. The summed E-state index contributed by atoms with van der Waals surface area (Å²) in [4.78, 5) is 29.2. The summed E-state index contributed by atoms with van der Waals surface area (Å²) in [7, 11) is 0. The van der Waals surface area contributed by atoms with E-state index in [1.54, 1.807) is 18.6 Å². The number of fused-ring (bicyclic) bond motifs is 2. The number of pyridine rings is 1. The second kappa shape index (κ2) is 4.99. The number of ketones is 1. The summed E-state index contributed by atoms with van der Waals surface area (Å²) in [6.45, 7) is 5.70. The molecule has 0 radical (unpaired) electrons. The Balaban J connectivity index is 1.91. The van der Waals surface area contributed by atoms with Gasteiger partial charge in [-0.2, -0.15) is 0 Å². The Morgan fingerprint density at radius 2 is 2.00 bits per heavy atom. The van der Waals surface area contributed by atoms with Gasteiger partial charge in [0.05, 0.1) is 23.7 Å². The second-order valence-corrected chi connectivity index (χ2v) is 6.81. The molecule has 0 unspecified atom stereocenters. The van der Waals surface area contributed by atoms with Crippen LogP contribution in [0, 0.1) is 5.41 Å². The third-order valence-electron chi connectivity index (χ3n) is 3.99. The van der Waals surface area contributed by atoms with Gasteiger partial charge in [-0.1, -0.05) is 26.8 Å². The first-order chi connectivity index (χ1) is 11.4. The van der Waals surface area contributed by atoms with Crippen molar-refractivity contribution in [2.24, 2.45) is 5.41 Å². The molecule has 0 saturated carbocycles. The molecule has 4 aromatic heterocycles. The minimum Gasteiger partial charge on any atom is -0.344 e. The highest BCUT2D eigenvalue weighted by Gasteiger charge is 2.26. The Kier molecular flexibility index (Phi) is 3.03. The molecule has 120 valence electrons. The van der Waals surface area contributed by atoms with E-state index in [9.17, 15) is 4.79 Å². The van der Waals surface area contributed by atoms with Gasteiger partial charge in [-0.3, -0.25) is 9.20 Å². The van der Waals surface area contributed by atoms with Gasteiger partial charge < -0.3 is 4.98 Å². The van der Waals surface area contributed by atoms with Crippen molar-refractivity contribution in [1.29, 1.82) is 0 Å². The topological polar surface area (TPSA) is 75.9 Å². The zero-order valence-corrected chi connectivity index (χ0v) is 13.7. The Labute approximate surface area is 138 Å². The van der Waals surface area contributed by atoms with Crippen LogP contribution < -0.4 is 0 Å². The molecule has 6 heteroatoms. The van der Waals surface area contributed by atoms with Crippen LogP contribution in [-0.2, 0) is 0 Å². The molecule has 0 aliphatic heterocycles. The molecule has 0 aliphatic rings. The van der Waals surface area contributed by atoms with Crippen LogP contribution in [0.5, 0.6) is 0 Å². The maximum Gasteiger partial charge on any atom is 0.171 e. The van der Waals surface area contributed by atoms with Crippen LogP contribution in [-0.4, -0.2) is 30.1 Å². The predicted molar refractivity (Wildman–Crippen MR) is 91.9 cm³/mol. The summed E-state index contributed by atoms with van der Waals surface area (Å²) in [5.74, 6) is 0.0401. The SMILES string of the molecule is CC(C)(C)C(=O)c1c[nH]c2ncc(-c3cnc4ccccn34)nc12. The molecule has 6 nitrogen and oxygen atoms in total. The van der Waals surface area contributed by atoms with E-state index in [4.69, 9.17) is 0 Å². The lowest BCUT2D eigenvalue weighted by molar-refractivity contribution is 0.0860. The average Bonchev–Trinajstić information content (AvgIpc) is 3.16. The third kappa shape index (κ3) is 2.19. The highest BCUT2D eigenvalue weighted by Crippen LogP contribution is 2.27. The van der Waals surface area contributed by atoms with Crippen LogP contribution in [0.3, 0.4) is 0 Å². The van der Waals surface area contributed by atoms with Gasteiger partial charge >= 0.3 is 0 Å². The smallest absolute Gasteiger partial charge is 0.171 e. The second-order valence-electron chi connectivity index (χ2n) is 6.81. The highest BCUT2D eigenvalue weighted by molar-refractivity contribution is 6.08. The molecule has 24 heavy (non-hydrogen) atoms. The van der Waals surface area contributed by atoms with Crippen LogP contribution in [0.1, 0.15) is 31.1 Å². The van der Waals surface area contributed by atoms with Crippen molar-refractivity contribution in [3.63, 3.8) is 0 Å². The Hall–Kier alpha value is -3.02. The Morgan fingerprint density at radius 3 is 2.79 bits per heavy atom. The van der Waals surface area contributed by atoms with Crippen LogP contribution in [0.15, 0.2) is 43.0 Å². The number of H-pyrrole nitrogens is 1. The molecule has 0 fully saturated rings. The first kappa shape index (κ1) is 14.6. The van der Waals surface area contributed by atoms with Gasteiger partial charge in [0.2, 0.25) is 0 Å². The molecule has 4 rings (SSSR count). The van der Waals surface area contributed by atoms with Gasteiger partial charge in [-0.05, 0) is 12.1 Å². The Bertz CT molecular complexity index is 1070. The fourth-order valence-electron chi connectivity index (χ4n) is 2.71. The van der Waals surface area contributed by atoms with Crippen molar-refractivity contribution in [2.75, 3.05) is 0 Å². The maximum atomic E-state index is 12.6. The van der Waals surface area contributed by atoms with E-state index >= 15 is 0 Å². The molecule has 0 bridgehead atoms. The van der Waals surface area contributed by atoms with Crippen LogP contribution in [0.25, 0.3) is 28.2 Å². The largest absolute Gasteiger partial charge is 0.344 e. The van der Waals surface area contributed by atoms with E-state index in [1.165, 1.54) is 0 Å². The van der Waals surface area contributed by atoms with Crippen molar-refractivity contribution in [3.8, 4) is 11.4 Å². The lowest BCUT2D eigenvalue weighted by Gasteiger charge is -2.15. The molecule has 0 spiro atoms. The maximum absolute atomic E-state index is 12.6. The number of aromatic amines is 1. The third-order valence-corrected chi connectivity index (χ3v) is 3.99. The fourth-order valence-corrected chi connectivity index (χ4v) is 2.71. The average molecular weight is 319 g/mol. The number of imidazole rings is 1. The molecule has 0 amide bonds. The first-order valence-corrected chi connectivity index (χ1v) is 7.76. The van der Waals surface area contributed by atoms with Gasteiger partial charge in [-0.15, -0.1) is 0 Å². The lowest BCUT2D eigenvalue weighted by atomic mass is 9.87. The number of nitrogens with one attached hydrogen (secondary N) is 1. The van der Waals surface area contributed by atoms with Crippen LogP contribution in [0.2, 0.25) is 0 Å². The normalized spacial score (nSPS) is 12.1. The summed E-state index contributed by atoms with van der Waals surface area (Å²) < 4.78 is 1.95. The molecule has 0 saturated heterocycles. The first-order valence-electron chi connectivity index (χ1n) is 7.76. The van der Waals surface area contributed by atoms with Crippen molar-refractivity contribution >= 4 is 22.6 Å². The number of carbonyl (C=O) groups excluding carboxylic acids is 1. The summed E-state index contributed by atoms with van der Waals surface area (Å²) in [6.07, 6.45) is 7.09. The van der Waals surface area contributed by atoms with Gasteiger partial charge in [-0.25, -0.2) is 15.0 Å². The number of hydrogen-bond donors (Lipinski definition) is 1. The van der Waals surface area contributed by atoms with E-state index in [0.717, 1.165) is 11.3 Å². The van der Waals surface area contributed by atoms with Crippen molar-refractivity contribution < 1.29 is 4.79 Å². The predicted octanol–water partition coefficient (Wildman–Crippen LogP) is 3.50. The van der Waals surface area contributed by atoms with Crippen LogP contribution >= 0.6 is 0 Å². The van der Waals surface area contributed by atoms with E-state index in [1.807, 2.05) is 49.6 Å². The number of Topliss-reactive ketones (excluding diaryl/α,β-unsaturated/α-hetero) is 1. The zero-order chi connectivity index (χ0) is 16.9. The highest BCUT2D eigenvalue weighted by atomic mass is 16.1.